The summed E-state index contributed by atoms with van der Waals surface area (Å²) in [4.78, 5) is 4.56. The Bertz CT molecular complexity index is 222. The van der Waals surface area contributed by atoms with Crippen molar-refractivity contribution in [3.05, 3.63) is 0 Å². The predicted octanol–water partition coefficient (Wildman–Crippen LogP) is 1.37. The maximum Gasteiger partial charge on any atom is 0.141 e. The topological polar surface area (TPSA) is 6.48 Å². The average Bonchev–Trinajstić information content (AvgIpc) is 1.90. The lowest BCUT2D eigenvalue weighted by Crippen LogP contribution is -2.72. The average molecular weight is 200 g/mol. The molecule has 0 unspecified atom stereocenters. The molecule has 2 nitrogen and oxygen atoms in total. The Morgan fingerprint density at radius 2 is 1.71 bits per heavy atom. The van der Waals surface area contributed by atoms with Gasteiger partial charge < -0.3 is 4.90 Å². The van der Waals surface area contributed by atoms with E-state index >= 15 is 0 Å². The summed E-state index contributed by atoms with van der Waals surface area (Å²) in [5.74, 6) is 0. The smallest absolute Gasteiger partial charge is 0.141 e. The van der Waals surface area contributed by atoms with Crippen molar-refractivity contribution in [2.45, 2.75) is 32.5 Å². The second-order valence-corrected chi connectivity index (χ2v) is 6.00. The standard InChI is InChI=1S/C11H21FN2/c1-10(2,3)11(12)7-14(8-11)9-5-13(4)6-9/h9H,5-8H2,1-4H3. The van der Waals surface area contributed by atoms with Crippen molar-refractivity contribution in [2.24, 2.45) is 5.41 Å². The van der Waals surface area contributed by atoms with Crippen LogP contribution in [0, 0.1) is 5.41 Å². The molecule has 0 amide bonds. The second kappa shape index (κ2) is 2.92. The van der Waals surface area contributed by atoms with Gasteiger partial charge in [-0.15, -0.1) is 0 Å². The highest BCUT2D eigenvalue weighted by Crippen LogP contribution is 2.42. The molecule has 2 rings (SSSR count). The van der Waals surface area contributed by atoms with Gasteiger partial charge in [0.15, 0.2) is 0 Å². The molecule has 2 aliphatic rings. The van der Waals surface area contributed by atoms with E-state index in [2.05, 4.69) is 16.8 Å². The van der Waals surface area contributed by atoms with Crippen molar-refractivity contribution in [1.29, 1.82) is 0 Å². The van der Waals surface area contributed by atoms with Gasteiger partial charge in [0.05, 0.1) is 0 Å². The van der Waals surface area contributed by atoms with Crippen molar-refractivity contribution in [3.63, 3.8) is 0 Å². The quantitative estimate of drug-likeness (QED) is 0.631. The van der Waals surface area contributed by atoms with Gasteiger partial charge in [0, 0.05) is 32.2 Å². The summed E-state index contributed by atoms with van der Waals surface area (Å²) in [5.41, 5.74) is -1.17. The molecule has 2 saturated heterocycles. The van der Waals surface area contributed by atoms with Gasteiger partial charge in [0.25, 0.3) is 0 Å². The zero-order valence-corrected chi connectivity index (χ0v) is 9.68. The Balaban J connectivity index is 1.84. The van der Waals surface area contributed by atoms with E-state index in [1.54, 1.807) is 0 Å². The predicted molar refractivity (Wildman–Crippen MR) is 56.2 cm³/mol. The number of halogens is 1. The van der Waals surface area contributed by atoms with Gasteiger partial charge >= 0.3 is 0 Å². The molecular formula is C11H21FN2. The molecular weight excluding hydrogens is 179 g/mol. The van der Waals surface area contributed by atoms with Gasteiger partial charge in [-0.05, 0) is 12.5 Å². The lowest BCUT2D eigenvalue weighted by Gasteiger charge is -2.57. The monoisotopic (exact) mass is 200 g/mol. The minimum Gasteiger partial charge on any atom is -0.303 e. The third-order valence-electron chi connectivity index (χ3n) is 3.81. The summed E-state index contributed by atoms with van der Waals surface area (Å²) in [6, 6.07) is 0.617. The van der Waals surface area contributed by atoms with Gasteiger partial charge in [-0.1, -0.05) is 20.8 Å². The van der Waals surface area contributed by atoms with E-state index in [1.165, 1.54) is 0 Å². The van der Waals surface area contributed by atoms with E-state index in [0.717, 1.165) is 13.1 Å². The Morgan fingerprint density at radius 3 is 2.07 bits per heavy atom. The first-order chi connectivity index (χ1) is 6.32. The molecule has 0 N–H and O–H groups in total. The summed E-state index contributed by atoms with van der Waals surface area (Å²) in [6.07, 6.45) is 0. The van der Waals surface area contributed by atoms with Gasteiger partial charge in [-0.3, -0.25) is 4.90 Å². The molecule has 0 spiro atoms. The van der Waals surface area contributed by atoms with Crippen molar-refractivity contribution in [3.8, 4) is 0 Å². The minimum atomic E-state index is -0.957. The Hall–Kier alpha value is -0.150. The molecule has 0 atom stereocenters. The molecule has 2 fully saturated rings. The SMILES string of the molecule is CN1CC(N2CC(F)(C(C)(C)C)C2)C1. The van der Waals surface area contributed by atoms with Crippen LogP contribution in [0.2, 0.25) is 0 Å². The Labute approximate surface area is 86.1 Å². The van der Waals surface area contributed by atoms with Crippen LogP contribution in [0.25, 0.3) is 0 Å². The summed E-state index contributed by atoms with van der Waals surface area (Å²) in [6.45, 7) is 9.48. The van der Waals surface area contributed by atoms with Crippen molar-refractivity contribution in [1.82, 2.24) is 9.80 Å². The Kier molecular flexibility index (Phi) is 2.16. The zero-order chi connectivity index (χ0) is 10.6. The van der Waals surface area contributed by atoms with Crippen LogP contribution in [0.15, 0.2) is 0 Å². The molecule has 82 valence electrons. The first-order valence-electron chi connectivity index (χ1n) is 5.43. The van der Waals surface area contributed by atoms with Crippen LogP contribution in [-0.4, -0.2) is 54.7 Å². The highest BCUT2D eigenvalue weighted by atomic mass is 19.1. The number of likely N-dealkylation sites (tertiary alicyclic amines) is 2. The molecule has 0 aliphatic carbocycles. The van der Waals surface area contributed by atoms with Gasteiger partial charge in [-0.25, -0.2) is 4.39 Å². The lowest BCUT2D eigenvalue weighted by atomic mass is 9.72. The normalized spacial score (nSPS) is 29.8. The largest absolute Gasteiger partial charge is 0.303 e. The molecule has 2 aliphatic heterocycles. The number of likely N-dealkylation sites (N-methyl/N-ethyl adjacent to an activating group) is 1. The fraction of sp³-hybridized carbons (Fsp3) is 1.00. The molecule has 0 saturated carbocycles. The van der Waals surface area contributed by atoms with Crippen LogP contribution in [0.5, 0.6) is 0 Å². The number of rotatable bonds is 1. The first-order valence-corrected chi connectivity index (χ1v) is 5.43. The van der Waals surface area contributed by atoms with Crippen molar-refractivity contribution in [2.75, 3.05) is 33.2 Å². The number of hydrogen-bond donors (Lipinski definition) is 0. The summed E-state index contributed by atoms with van der Waals surface area (Å²) in [7, 11) is 2.11. The van der Waals surface area contributed by atoms with Crippen molar-refractivity contribution >= 4 is 0 Å². The van der Waals surface area contributed by atoms with Crippen molar-refractivity contribution < 1.29 is 4.39 Å². The van der Waals surface area contributed by atoms with E-state index < -0.39 is 5.67 Å². The maximum absolute atomic E-state index is 14.2. The van der Waals surface area contributed by atoms with Crippen LogP contribution in [0.1, 0.15) is 20.8 Å². The van der Waals surface area contributed by atoms with Crippen LogP contribution in [-0.2, 0) is 0 Å². The third-order valence-corrected chi connectivity index (χ3v) is 3.81. The number of nitrogens with zero attached hydrogens (tertiary/aromatic N) is 2. The molecule has 0 aromatic carbocycles. The zero-order valence-electron chi connectivity index (χ0n) is 9.68. The molecule has 3 heteroatoms. The molecule has 0 bridgehead atoms. The summed E-state index contributed by atoms with van der Waals surface area (Å²) >= 11 is 0. The van der Waals surface area contributed by atoms with Gasteiger partial charge in [0.2, 0.25) is 0 Å². The minimum absolute atomic E-state index is 0.209. The fourth-order valence-electron chi connectivity index (χ4n) is 2.23. The van der Waals surface area contributed by atoms with E-state index in [-0.39, 0.29) is 5.41 Å². The summed E-state index contributed by atoms with van der Waals surface area (Å²) < 4.78 is 14.2. The van der Waals surface area contributed by atoms with Crippen LogP contribution in [0.3, 0.4) is 0 Å². The lowest BCUT2D eigenvalue weighted by molar-refractivity contribution is -0.141. The highest BCUT2D eigenvalue weighted by molar-refractivity contribution is 5.07. The highest BCUT2D eigenvalue weighted by Gasteiger charge is 2.54. The molecule has 0 aromatic heterocycles. The van der Waals surface area contributed by atoms with Gasteiger partial charge in [0.1, 0.15) is 5.67 Å². The molecule has 14 heavy (non-hydrogen) atoms. The molecule has 0 radical (unpaired) electrons. The summed E-state index contributed by atoms with van der Waals surface area (Å²) in [5, 5.41) is 0. The molecule has 0 aromatic rings. The van der Waals surface area contributed by atoms with Gasteiger partial charge in [-0.2, -0.15) is 0 Å². The van der Waals surface area contributed by atoms with Crippen LogP contribution in [0.4, 0.5) is 4.39 Å². The first kappa shape index (κ1) is 10.4. The molecule has 2 heterocycles. The van der Waals surface area contributed by atoms with E-state index in [9.17, 15) is 4.39 Å². The van der Waals surface area contributed by atoms with E-state index in [4.69, 9.17) is 0 Å². The number of hydrogen-bond acceptors (Lipinski definition) is 2. The number of alkyl halides is 1. The van der Waals surface area contributed by atoms with Crippen LogP contribution < -0.4 is 0 Å². The second-order valence-electron chi connectivity index (χ2n) is 6.00. The third kappa shape index (κ3) is 1.47. The fourth-order valence-corrected chi connectivity index (χ4v) is 2.23. The Morgan fingerprint density at radius 1 is 1.21 bits per heavy atom. The van der Waals surface area contributed by atoms with Crippen LogP contribution >= 0.6 is 0 Å². The van der Waals surface area contributed by atoms with E-state index in [0.29, 0.717) is 19.1 Å². The van der Waals surface area contributed by atoms with E-state index in [1.807, 2.05) is 20.8 Å². The maximum atomic E-state index is 14.2.